The van der Waals surface area contributed by atoms with Gasteiger partial charge in [-0.25, -0.2) is 0 Å². The fraction of sp³-hybridized carbons (Fsp3) is 0.933. The first-order chi connectivity index (χ1) is 8.71. The van der Waals surface area contributed by atoms with Crippen LogP contribution >= 0.6 is 0 Å². The van der Waals surface area contributed by atoms with Crippen molar-refractivity contribution in [3.63, 3.8) is 0 Å². The van der Waals surface area contributed by atoms with Crippen molar-refractivity contribution in [2.75, 3.05) is 19.6 Å². The third kappa shape index (κ3) is 4.97. The van der Waals surface area contributed by atoms with E-state index in [0.29, 0.717) is 17.9 Å². The molecule has 1 aliphatic heterocycles. The molecule has 0 aliphatic carbocycles. The topological polar surface area (TPSA) is 32.3 Å². The Morgan fingerprint density at radius 1 is 1.39 bits per heavy atom. The van der Waals surface area contributed by atoms with Crippen LogP contribution in [0, 0.1) is 5.92 Å². The molecule has 2 atom stereocenters. The fourth-order valence-corrected chi connectivity index (χ4v) is 2.94. The number of hydrogen-bond donors (Lipinski definition) is 1. The van der Waals surface area contributed by atoms with Gasteiger partial charge in [-0.1, -0.05) is 27.2 Å². The quantitative estimate of drug-likeness (QED) is 0.686. The molecule has 0 spiro atoms. The minimum Gasteiger partial charge on any atom is -0.342 e. The smallest absolute Gasteiger partial charge is 0.222 e. The lowest BCUT2D eigenvalue weighted by atomic mass is 10.0. The van der Waals surface area contributed by atoms with Crippen molar-refractivity contribution < 1.29 is 4.79 Å². The molecule has 1 fully saturated rings. The van der Waals surface area contributed by atoms with Gasteiger partial charge in [0.25, 0.3) is 0 Å². The fourth-order valence-electron chi connectivity index (χ4n) is 2.94. The highest BCUT2D eigenvalue weighted by molar-refractivity contribution is 5.78. The molecule has 2 unspecified atom stereocenters. The van der Waals surface area contributed by atoms with Crippen LogP contribution in [0.3, 0.4) is 0 Å². The zero-order valence-electron chi connectivity index (χ0n) is 12.4. The van der Waals surface area contributed by atoms with E-state index in [2.05, 4.69) is 31.0 Å². The highest BCUT2D eigenvalue weighted by Crippen LogP contribution is 2.22. The van der Waals surface area contributed by atoms with Gasteiger partial charge in [0, 0.05) is 25.6 Å². The Labute approximate surface area is 112 Å². The van der Waals surface area contributed by atoms with Gasteiger partial charge >= 0.3 is 0 Å². The van der Waals surface area contributed by atoms with E-state index in [9.17, 15) is 4.79 Å². The number of hydrogen-bond acceptors (Lipinski definition) is 2. The summed E-state index contributed by atoms with van der Waals surface area (Å²) in [5.74, 6) is 1.00. The zero-order chi connectivity index (χ0) is 13.4. The van der Waals surface area contributed by atoms with Crippen LogP contribution < -0.4 is 5.32 Å². The molecule has 1 amide bonds. The van der Waals surface area contributed by atoms with Gasteiger partial charge in [0.2, 0.25) is 5.91 Å². The summed E-state index contributed by atoms with van der Waals surface area (Å²) in [6.07, 6.45) is 6.70. The van der Waals surface area contributed by atoms with Crippen LogP contribution in [0.25, 0.3) is 0 Å². The number of nitrogens with zero attached hydrogens (tertiary/aromatic N) is 1. The van der Waals surface area contributed by atoms with E-state index in [4.69, 9.17) is 0 Å². The predicted octanol–water partition coefficient (Wildman–Crippen LogP) is 2.80. The van der Waals surface area contributed by atoms with Crippen LogP contribution in [0.5, 0.6) is 0 Å². The molecular formula is C15H30N2O. The predicted molar refractivity (Wildman–Crippen MR) is 76.6 cm³/mol. The second-order valence-electron chi connectivity index (χ2n) is 5.50. The van der Waals surface area contributed by atoms with Crippen LogP contribution in [-0.4, -0.2) is 36.5 Å². The van der Waals surface area contributed by atoms with Crippen molar-refractivity contribution in [3.8, 4) is 0 Å². The van der Waals surface area contributed by atoms with Gasteiger partial charge in [0.05, 0.1) is 0 Å². The third-order valence-corrected chi connectivity index (χ3v) is 3.96. The summed E-state index contributed by atoms with van der Waals surface area (Å²) in [4.78, 5) is 13.9. The maximum absolute atomic E-state index is 11.8. The molecule has 1 saturated heterocycles. The molecule has 3 heteroatoms. The molecule has 18 heavy (non-hydrogen) atoms. The van der Waals surface area contributed by atoms with Gasteiger partial charge in [-0.15, -0.1) is 0 Å². The lowest BCUT2D eigenvalue weighted by molar-refractivity contribution is -0.127. The van der Waals surface area contributed by atoms with Crippen molar-refractivity contribution in [2.45, 2.75) is 65.3 Å². The Kier molecular flexibility index (Phi) is 7.33. The van der Waals surface area contributed by atoms with Crippen molar-refractivity contribution in [1.29, 1.82) is 0 Å². The monoisotopic (exact) mass is 254 g/mol. The first-order valence-corrected chi connectivity index (χ1v) is 7.72. The number of likely N-dealkylation sites (tertiary alicyclic amines) is 1. The Morgan fingerprint density at radius 3 is 2.78 bits per heavy atom. The molecule has 1 N–H and O–H groups in total. The van der Waals surface area contributed by atoms with E-state index in [1.807, 2.05) is 0 Å². The Morgan fingerprint density at radius 2 is 2.17 bits per heavy atom. The van der Waals surface area contributed by atoms with Gasteiger partial charge in [0.15, 0.2) is 0 Å². The first kappa shape index (κ1) is 15.5. The van der Waals surface area contributed by atoms with Gasteiger partial charge in [-0.3, -0.25) is 4.79 Å². The van der Waals surface area contributed by atoms with Crippen LogP contribution in [0.2, 0.25) is 0 Å². The minimum absolute atomic E-state index is 0.380. The molecule has 1 heterocycles. The highest BCUT2D eigenvalue weighted by Gasteiger charge is 2.28. The normalized spacial score (nSPS) is 21.6. The van der Waals surface area contributed by atoms with E-state index in [1.54, 1.807) is 0 Å². The molecule has 3 nitrogen and oxygen atoms in total. The molecule has 106 valence electrons. The summed E-state index contributed by atoms with van der Waals surface area (Å²) >= 11 is 0. The van der Waals surface area contributed by atoms with Crippen LogP contribution in [0.15, 0.2) is 0 Å². The second kappa shape index (κ2) is 8.52. The Hall–Kier alpha value is -0.570. The van der Waals surface area contributed by atoms with Crippen molar-refractivity contribution in [3.05, 3.63) is 0 Å². The molecule has 0 aromatic carbocycles. The number of nitrogens with one attached hydrogen (secondary N) is 1. The molecule has 1 rings (SSSR count). The number of carbonyl (C=O) groups is 1. The molecule has 0 aromatic rings. The minimum atomic E-state index is 0.380. The summed E-state index contributed by atoms with van der Waals surface area (Å²) in [6, 6.07) is 0.624. The molecule has 1 aliphatic rings. The maximum Gasteiger partial charge on any atom is 0.222 e. The number of rotatable bonds is 9. The van der Waals surface area contributed by atoms with E-state index < -0.39 is 0 Å². The van der Waals surface area contributed by atoms with Crippen LogP contribution in [0.4, 0.5) is 0 Å². The summed E-state index contributed by atoms with van der Waals surface area (Å²) in [7, 11) is 0. The first-order valence-electron chi connectivity index (χ1n) is 7.72. The molecule has 0 saturated carbocycles. The molecule has 0 radical (unpaired) electrons. The third-order valence-electron chi connectivity index (χ3n) is 3.96. The van der Waals surface area contributed by atoms with Crippen molar-refractivity contribution in [1.82, 2.24) is 10.2 Å². The Balaban J connectivity index is 2.21. The van der Waals surface area contributed by atoms with E-state index >= 15 is 0 Å². The average Bonchev–Trinajstić information content (AvgIpc) is 2.69. The maximum atomic E-state index is 11.8. The SMILES string of the molecule is CCCC1CC(=O)N(CCCC(CC)NCC)C1. The zero-order valence-corrected chi connectivity index (χ0v) is 12.4. The Bertz CT molecular complexity index is 243. The standard InChI is InChI=1S/C15H30N2O/c1-4-8-13-11-15(18)17(12-13)10-7-9-14(5-2)16-6-3/h13-14,16H,4-12H2,1-3H3. The van der Waals surface area contributed by atoms with E-state index in [0.717, 1.165) is 32.5 Å². The van der Waals surface area contributed by atoms with E-state index in [-0.39, 0.29) is 0 Å². The number of amides is 1. The summed E-state index contributed by atoms with van der Waals surface area (Å²) < 4.78 is 0. The summed E-state index contributed by atoms with van der Waals surface area (Å²) in [6.45, 7) is 9.59. The summed E-state index contributed by atoms with van der Waals surface area (Å²) in [5.41, 5.74) is 0. The molecular weight excluding hydrogens is 224 g/mol. The largest absolute Gasteiger partial charge is 0.342 e. The van der Waals surface area contributed by atoms with Gasteiger partial charge in [-0.2, -0.15) is 0 Å². The average molecular weight is 254 g/mol. The van der Waals surface area contributed by atoms with Crippen LogP contribution in [-0.2, 0) is 4.79 Å². The second-order valence-corrected chi connectivity index (χ2v) is 5.50. The van der Waals surface area contributed by atoms with E-state index in [1.165, 1.54) is 25.7 Å². The van der Waals surface area contributed by atoms with Gasteiger partial charge in [-0.05, 0) is 38.1 Å². The van der Waals surface area contributed by atoms with Crippen molar-refractivity contribution >= 4 is 5.91 Å². The lowest BCUT2D eigenvalue weighted by Crippen LogP contribution is -2.31. The lowest BCUT2D eigenvalue weighted by Gasteiger charge is -2.19. The molecule has 0 aromatic heterocycles. The van der Waals surface area contributed by atoms with Gasteiger partial charge in [0.1, 0.15) is 0 Å². The van der Waals surface area contributed by atoms with Crippen molar-refractivity contribution in [2.24, 2.45) is 5.92 Å². The van der Waals surface area contributed by atoms with Gasteiger partial charge < -0.3 is 10.2 Å². The van der Waals surface area contributed by atoms with Crippen LogP contribution in [0.1, 0.15) is 59.3 Å². The molecule has 0 bridgehead atoms. The highest BCUT2D eigenvalue weighted by atomic mass is 16.2. The summed E-state index contributed by atoms with van der Waals surface area (Å²) in [5, 5.41) is 3.49. The number of carbonyl (C=O) groups excluding carboxylic acids is 1.